The molecule has 4 aromatic rings. The Labute approximate surface area is 458 Å². The van der Waals surface area contributed by atoms with Gasteiger partial charge in [0.15, 0.2) is 5.78 Å². The smallest absolute Gasteiger partial charge is 0.406 e. The molecule has 5 aliphatic rings. The van der Waals surface area contributed by atoms with Gasteiger partial charge in [0.1, 0.15) is 24.7 Å². The molecule has 4 atom stereocenters. The van der Waals surface area contributed by atoms with E-state index in [1.54, 1.807) is 55.4 Å². The number of nitrogens with zero attached hydrogens (tertiary/aromatic N) is 7. The molecule has 0 unspecified atom stereocenters. The van der Waals surface area contributed by atoms with E-state index >= 15 is 0 Å². The number of amides is 4. The number of esters is 1. The number of morpholine rings is 1. The lowest BCUT2D eigenvalue weighted by Crippen LogP contribution is -2.62. The maximum Gasteiger partial charge on any atom is 0.406 e. The van der Waals surface area contributed by atoms with Crippen LogP contribution in [0.1, 0.15) is 95.5 Å². The maximum absolute atomic E-state index is 14.8. The molecular formula is C57H74F3N9O8S. The molecule has 3 aromatic heterocycles. The number of carbonyl (C=O) groups is 5. The second-order valence-electron chi connectivity index (χ2n) is 23.1. The number of ether oxygens (including phenoxy) is 3. The number of rotatable bonds is 12. The number of ketones is 1. The van der Waals surface area contributed by atoms with Crippen molar-refractivity contribution in [3.63, 3.8) is 0 Å². The van der Waals surface area contributed by atoms with Gasteiger partial charge in [0.25, 0.3) is 5.91 Å². The molecule has 2 N–H and O–H groups in total. The third-order valence-electron chi connectivity index (χ3n) is 16.4. The van der Waals surface area contributed by atoms with E-state index in [9.17, 15) is 37.1 Å². The molecule has 1 saturated carbocycles. The summed E-state index contributed by atoms with van der Waals surface area (Å²) in [7, 11) is 3.13. The number of pyridine rings is 1. The average molecular weight is 1100 g/mol. The molecule has 422 valence electrons. The highest BCUT2D eigenvalue weighted by molar-refractivity contribution is 7.10. The molecule has 7 heterocycles. The number of halogens is 3. The Hall–Kier alpha value is -5.74. The first-order valence-corrected chi connectivity index (χ1v) is 28.2. The minimum absolute atomic E-state index is 0.00580. The molecule has 1 aliphatic carbocycles. The van der Waals surface area contributed by atoms with Gasteiger partial charge in [-0.25, -0.2) is 15.2 Å². The van der Waals surface area contributed by atoms with Crippen molar-refractivity contribution in [2.45, 2.75) is 123 Å². The minimum Gasteiger partial charge on any atom is -0.464 e. The van der Waals surface area contributed by atoms with Crippen molar-refractivity contribution < 1.29 is 51.4 Å². The molecule has 1 aromatic carbocycles. The van der Waals surface area contributed by atoms with E-state index in [1.807, 2.05) is 45.2 Å². The van der Waals surface area contributed by atoms with Crippen LogP contribution in [-0.2, 0) is 52.8 Å². The molecule has 1 spiro atoms. The predicted octanol–water partition coefficient (Wildman–Crippen LogP) is 7.77. The van der Waals surface area contributed by atoms with Gasteiger partial charge in [-0.15, -0.1) is 11.3 Å². The first-order valence-electron chi connectivity index (χ1n) is 27.3. The number of aromatic nitrogens is 3. The number of hydrogen-bond donors (Lipinski definition) is 2. The lowest BCUT2D eigenvalue weighted by molar-refractivity contribution is -0.155. The number of nitrogens with one attached hydrogen (secondary N) is 2. The van der Waals surface area contributed by atoms with Crippen LogP contribution in [0.25, 0.3) is 33.4 Å². The Bertz CT molecular complexity index is 2880. The number of allylic oxidation sites excluding steroid dienone is 1. The van der Waals surface area contributed by atoms with Gasteiger partial charge in [0, 0.05) is 105 Å². The Morgan fingerprint density at radius 3 is 2.50 bits per heavy atom. The van der Waals surface area contributed by atoms with E-state index < -0.39 is 60.1 Å². The topological polar surface area (TPSA) is 181 Å². The molecule has 4 fully saturated rings. The highest BCUT2D eigenvalue weighted by Gasteiger charge is 2.49. The first kappa shape index (κ1) is 57.0. The number of hydrazine groups is 1. The van der Waals surface area contributed by atoms with Gasteiger partial charge in [-0.1, -0.05) is 39.8 Å². The van der Waals surface area contributed by atoms with E-state index in [4.69, 9.17) is 19.2 Å². The van der Waals surface area contributed by atoms with Crippen molar-refractivity contribution in [3.05, 3.63) is 70.3 Å². The van der Waals surface area contributed by atoms with E-state index in [0.717, 1.165) is 45.3 Å². The maximum atomic E-state index is 14.8. The number of likely N-dealkylation sites (tertiary alicyclic amines) is 1. The number of cyclic esters (lactones) is 1. The number of thiazole rings is 1. The van der Waals surface area contributed by atoms with Gasteiger partial charge in [-0.3, -0.25) is 34.1 Å². The van der Waals surface area contributed by atoms with Crippen LogP contribution in [0.4, 0.5) is 18.0 Å². The molecule has 78 heavy (non-hydrogen) atoms. The van der Waals surface area contributed by atoms with Crippen LogP contribution in [-0.4, -0.2) is 161 Å². The predicted molar refractivity (Wildman–Crippen MR) is 289 cm³/mol. The molecule has 3 saturated heterocycles. The third-order valence-corrected chi connectivity index (χ3v) is 17.3. The summed E-state index contributed by atoms with van der Waals surface area (Å²) in [6.07, 6.45) is 4.20. The van der Waals surface area contributed by atoms with Crippen LogP contribution >= 0.6 is 11.3 Å². The number of benzene rings is 1. The SMILES string of the molecule is CO[C@@H](C)c1ncccc1-c1c2c3cc(ccc3n1CC(F)(F)F)-c1csc(n1)C[C@H](NC(=O)[C@H](C(C)C)N(C)C(=O)N1CCC3(CC1)CC(C(=O)/C=C/CN1CCOCC1)C3)C(=O)N1CCC[C@H](N1)C(=O)OCC(C)(C)C2. The molecule has 4 aliphatic heterocycles. The standard InChI is InChI=1S/C57H74F3N9O8S/c1-35(2)49(65(6)54(74)67-21-16-56(17-22-67)29-38(30-56)46(70)13-10-19-66-23-25-76-26-24-66)51(71)63-43-28-47-62-44(32-78-47)37-14-15-45-40(27-37)41(31-55(4,5)34-77-53(73)42-12-9-20-69(64-42)52(43)72)50(68(45)33-57(58,59)60)39-11-8-18-61-48(39)36(3)75-7/h8,10-11,13-15,18,27,32,35-36,38,42-43,49,64H,9,12,16-17,19-26,28-31,33-34H2,1-7H3,(H,63,71)/b13-10+/t36-,42-,43-,49-/m0/s1. The Balaban J connectivity index is 0.968. The van der Waals surface area contributed by atoms with Crippen LogP contribution in [0.15, 0.2) is 54.1 Å². The fourth-order valence-electron chi connectivity index (χ4n) is 12.1. The summed E-state index contributed by atoms with van der Waals surface area (Å²) in [6.45, 7) is 13.0. The van der Waals surface area contributed by atoms with E-state index in [2.05, 4.69) is 20.6 Å². The fourth-order valence-corrected chi connectivity index (χ4v) is 13.0. The van der Waals surface area contributed by atoms with Crippen molar-refractivity contribution in [1.82, 2.24) is 45.0 Å². The molecular weight excluding hydrogens is 1030 g/mol. The lowest BCUT2D eigenvalue weighted by Gasteiger charge is -2.52. The van der Waals surface area contributed by atoms with Crippen molar-refractivity contribution in [1.29, 1.82) is 0 Å². The summed E-state index contributed by atoms with van der Waals surface area (Å²) in [5.74, 6) is -1.85. The normalized spacial score (nSPS) is 22.3. The summed E-state index contributed by atoms with van der Waals surface area (Å²) < 4.78 is 62.6. The molecule has 21 heteroatoms. The molecule has 4 amide bonds. The van der Waals surface area contributed by atoms with Gasteiger partial charge >= 0.3 is 18.2 Å². The van der Waals surface area contributed by atoms with Gasteiger partial charge < -0.3 is 33.9 Å². The largest absolute Gasteiger partial charge is 0.464 e. The van der Waals surface area contributed by atoms with Crippen LogP contribution < -0.4 is 10.7 Å². The second kappa shape index (κ2) is 23.5. The van der Waals surface area contributed by atoms with Crippen LogP contribution in [0.5, 0.6) is 0 Å². The van der Waals surface area contributed by atoms with Crippen LogP contribution in [0, 0.1) is 22.7 Å². The zero-order valence-electron chi connectivity index (χ0n) is 45.8. The van der Waals surface area contributed by atoms with Gasteiger partial charge in [0.05, 0.1) is 48.0 Å². The summed E-state index contributed by atoms with van der Waals surface area (Å²) in [6, 6.07) is 5.32. The van der Waals surface area contributed by atoms with Gasteiger partial charge in [0.2, 0.25) is 5.91 Å². The zero-order valence-corrected chi connectivity index (χ0v) is 46.6. The summed E-state index contributed by atoms with van der Waals surface area (Å²) >= 11 is 1.28. The molecule has 6 bridgehead atoms. The van der Waals surface area contributed by atoms with E-state index in [1.165, 1.54) is 32.9 Å². The number of alkyl halides is 3. The molecule has 0 radical (unpaired) electrons. The van der Waals surface area contributed by atoms with Crippen molar-refractivity contribution >= 4 is 51.8 Å². The monoisotopic (exact) mass is 1100 g/mol. The van der Waals surface area contributed by atoms with Crippen molar-refractivity contribution in [3.8, 4) is 22.5 Å². The lowest BCUT2D eigenvalue weighted by atomic mass is 9.56. The summed E-state index contributed by atoms with van der Waals surface area (Å²) in [5, 5.41) is 7.24. The number of fused-ring (bicyclic) bond motifs is 6. The van der Waals surface area contributed by atoms with Crippen molar-refractivity contribution in [2.75, 3.05) is 73.2 Å². The zero-order chi connectivity index (χ0) is 55.7. The fraction of sp³-hybridized carbons (Fsp3) is 0.596. The van der Waals surface area contributed by atoms with Crippen LogP contribution in [0.2, 0.25) is 0 Å². The van der Waals surface area contributed by atoms with E-state index in [-0.39, 0.29) is 55.1 Å². The second-order valence-corrected chi connectivity index (χ2v) is 24.1. The molecule has 9 rings (SSSR count). The Morgan fingerprint density at radius 2 is 1.79 bits per heavy atom. The van der Waals surface area contributed by atoms with Gasteiger partial charge in [-0.05, 0) is 99.1 Å². The number of carbonyl (C=O) groups excluding carboxylic acids is 5. The average Bonchev–Trinajstić information content (AvgIpc) is 3.99. The van der Waals surface area contributed by atoms with Crippen LogP contribution in [0.3, 0.4) is 0 Å². The number of methoxy groups -OCH3 is 1. The summed E-state index contributed by atoms with van der Waals surface area (Å²) in [4.78, 5) is 85.9. The van der Waals surface area contributed by atoms with Gasteiger partial charge in [-0.2, -0.15) is 13.2 Å². The number of likely N-dealkylation sites (N-methyl/N-ethyl adjacent to an activating group) is 1. The highest BCUT2D eigenvalue weighted by atomic mass is 32.1. The molecule has 17 nitrogen and oxygen atoms in total. The Morgan fingerprint density at radius 1 is 1.05 bits per heavy atom. The van der Waals surface area contributed by atoms with E-state index in [0.29, 0.717) is 88.8 Å². The van der Waals surface area contributed by atoms with Crippen molar-refractivity contribution in [2.24, 2.45) is 22.7 Å². The first-order chi connectivity index (χ1) is 37.1. The number of piperidine rings is 1. The number of urea groups is 1. The quantitative estimate of drug-likeness (QED) is 0.104. The minimum atomic E-state index is -4.60. The number of hydrogen-bond acceptors (Lipinski definition) is 13. The summed E-state index contributed by atoms with van der Waals surface area (Å²) in [5.41, 5.74) is 5.66. The Kier molecular flexibility index (Phi) is 17.2. The third kappa shape index (κ3) is 12.6. The highest BCUT2D eigenvalue weighted by Crippen LogP contribution is 2.53.